The van der Waals surface area contributed by atoms with Gasteiger partial charge in [-0.25, -0.2) is 0 Å². The summed E-state index contributed by atoms with van der Waals surface area (Å²) in [5.41, 5.74) is 2.72. The molecule has 0 N–H and O–H groups in total. The van der Waals surface area contributed by atoms with Gasteiger partial charge >= 0.3 is 0 Å². The SMILES string of the molecule is CC.CC(C)Cc1cccc(N(C)C)c1. The summed E-state index contributed by atoms with van der Waals surface area (Å²) >= 11 is 0. The Balaban J connectivity index is 0.000000921. The Morgan fingerprint density at radius 3 is 2.20 bits per heavy atom. The molecular weight excluding hydrogens is 182 g/mol. The van der Waals surface area contributed by atoms with Crippen molar-refractivity contribution in [2.24, 2.45) is 5.92 Å². The van der Waals surface area contributed by atoms with Crippen LogP contribution in [0.3, 0.4) is 0 Å². The number of nitrogens with zero attached hydrogens (tertiary/aromatic N) is 1. The van der Waals surface area contributed by atoms with Crippen molar-refractivity contribution in [1.82, 2.24) is 0 Å². The molecule has 1 heteroatoms. The molecular formula is C14H25N. The summed E-state index contributed by atoms with van der Waals surface area (Å²) in [7, 11) is 4.16. The molecule has 86 valence electrons. The topological polar surface area (TPSA) is 3.24 Å². The van der Waals surface area contributed by atoms with Crippen molar-refractivity contribution in [2.45, 2.75) is 34.1 Å². The second-order valence-electron chi connectivity index (χ2n) is 4.16. The van der Waals surface area contributed by atoms with E-state index < -0.39 is 0 Å². The molecule has 0 spiro atoms. The maximum absolute atomic E-state index is 2.26. The van der Waals surface area contributed by atoms with Crippen molar-refractivity contribution in [3.8, 4) is 0 Å². The standard InChI is InChI=1S/C12H19N.C2H6/c1-10(2)8-11-6-5-7-12(9-11)13(3)4;1-2/h5-7,9-10H,8H2,1-4H3;1-2H3. The summed E-state index contributed by atoms with van der Waals surface area (Å²) in [6.07, 6.45) is 1.17. The van der Waals surface area contributed by atoms with Crippen molar-refractivity contribution in [1.29, 1.82) is 0 Å². The highest BCUT2D eigenvalue weighted by atomic mass is 15.1. The lowest BCUT2D eigenvalue weighted by atomic mass is 10.0. The van der Waals surface area contributed by atoms with E-state index in [1.165, 1.54) is 17.7 Å². The summed E-state index contributed by atoms with van der Waals surface area (Å²) in [6, 6.07) is 8.74. The highest BCUT2D eigenvalue weighted by Crippen LogP contribution is 2.15. The first-order valence-electron chi connectivity index (χ1n) is 5.86. The lowest BCUT2D eigenvalue weighted by molar-refractivity contribution is 0.647. The molecule has 0 atom stereocenters. The van der Waals surface area contributed by atoms with Crippen molar-refractivity contribution in [3.63, 3.8) is 0 Å². The maximum atomic E-state index is 2.26. The highest BCUT2D eigenvalue weighted by molar-refractivity contribution is 5.47. The summed E-state index contributed by atoms with van der Waals surface area (Å²) < 4.78 is 0. The molecule has 1 aromatic carbocycles. The minimum absolute atomic E-state index is 0.734. The second-order valence-corrected chi connectivity index (χ2v) is 4.16. The van der Waals surface area contributed by atoms with Gasteiger partial charge in [0, 0.05) is 19.8 Å². The van der Waals surface area contributed by atoms with Crippen LogP contribution in [0.1, 0.15) is 33.3 Å². The Labute approximate surface area is 95.1 Å². The van der Waals surface area contributed by atoms with Crippen LogP contribution in [0.4, 0.5) is 5.69 Å². The molecule has 1 rings (SSSR count). The van der Waals surface area contributed by atoms with Gasteiger partial charge in [-0.1, -0.05) is 39.8 Å². The van der Waals surface area contributed by atoms with Gasteiger partial charge in [-0.05, 0) is 30.0 Å². The Morgan fingerprint density at radius 1 is 1.13 bits per heavy atom. The number of hydrogen-bond acceptors (Lipinski definition) is 1. The van der Waals surface area contributed by atoms with E-state index in [-0.39, 0.29) is 0 Å². The normalized spacial score (nSPS) is 9.53. The molecule has 0 heterocycles. The number of benzene rings is 1. The Hall–Kier alpha value is -0.980. The van der Waals surface area contributed by atoms with E-state index in [2.05, 4.69) is 57.1 Å². The summed E-state index contributed by atoms with van der Waals surface area (Å²) in [5.74, 6) is 0.734. The van der Waals surface area contributed by atoms with E-state index in [4.69, 9.17) is 0 Å². The monoisotopic (exact) mass is 207 g/mol. The zero-order chi connectivity index (χ0) is 11.8. The number of hydrogen-bond donors (Lipinski definition) is 0. The molecule has 0 bridgehead atoms. The zero-order valence-electron chi connectivity index (χ0n) is 11.0. The minimum atomic E-state index is 0.734. The fourth-order valence-electron chi connectivity index (χ4n) is 1.43. The predicted molar refractivity (Wildman–Crippen MR) is 70.7 cm³/mol. The Kier molecular flexibility index (Phi) is 6.85. The summed E-state index contributed by atoms with van der Waals surface area (Å²) in [6.45, 7) is 8.50. The van der Waals surface area contributed by atoms with Crippen LogP contribution in [-0.2, 0) is 6.42 Å². The highest BCUT2D eigenvalue weighted by Gasteiger charge is 1.99. The van der Waals surface area contributed by atoms with Crippen LogP contribution in [0.5, 0.6) is 0 Å². The van der Waals surface area contributed by atoms with Gasteiger partial charge < -0.3 is 4.90 Å². The molecule has 0 aliphatic rings. The van der Waals surface area contributed by atoms with Crippen LogP contribution in [0.25, 0.3) is 0 Å². The van der Waals surface area contributed by atoms with Crippen molar-refractivity contribution in [2.75, 3.05) is 19.0 Å². The van der Waals surface area contributed by atoms with Gasteiger partial charge in [0.2, 0.25) is 0 Å². The predicted octanol–water partition coefficient (Wildman–Crippen LogP) is 3.98. The first-order chi connectivity index (χ1) is 7.09. The van der Waals surface area contributed by atoms with Crippen molar-refractivity contribution < 1.29 is 0 Å². The third-order valence-corrected chi connectivity index (χ3v) is 2.07. The van der Waals surface area contributed by atoms with E-state index in [1.807, 2.05) is 13.8 Å². The molecule has 1 aromatic rings. The van der Waals surface area contributed by atoms with Crippen LogP contribution >= 0.6 is 0 Å². The Morgan fingerprint density at radius 2 is 1.73 bits per heavy atom. The number of rotatable bonds is 3. The molecule has 0 radical (unpaired) electrons. The fraction of sp³-hybridized carbons (Fsp3) is 0.571. The molecule has 0 amide bonds. The maximum Gasteiger partial charge on any atom is 0.0363 e. The average Bonchev–Trinajstić information content (AvgIpc) is 2.20. The zero-order valence-corrected chi connectivity index (χ0v) is 11.0. The van der Waals surface area contributed by atoms with Gasteiger partial charge in [0.25, 0.3) is 0 Å². The lowest BCUT2D eigenvalue weighted by Gasteiger charge is -2.14. The Bertz CT molecular complexity index is 264. The van der Waals surface area contributed by atoms with Crippen LogP contribution in [-0.4, -0.2) is 14.1 Å². The average molecular weight is 207 g/mol. The molecule has 0 aromatic heterocycles. The first kappa shape index (κ1) is 14.0. The summed E-state index contributed by atoms with van der Waals surface area (Å²) in [5, 5.41) is 0. The molecule has 0 unspecified atom stereocenters. The van der Waals surface area contributed by atoms with Crippen molar-refractivity contribution in [3.05, 3.63) is 29.8 Å². The second kappa shape index (κ2) is 7.33. The van der Waals surface area contributed by atoms with Gasteiger partial charge in [0.05, 0.1) is 0 Å². The first-order valence-corrected chi connectivity index (χ1v) is 5.86. The van der Waals surface area contributed by atoms with E-state index in [1.54, 1.807) is 0 Å². The molecule has 0 saturated heterocycles. The molecule has 15 heavy (non-hydrogen) atoms. The lowest BCUT2D eigenvalue weighted by Crippen LogP contribution is -2.08. The molecule has 0 aliphatic carbocycles. The van der Waals surface area contributed by atoms with Gasteiger partial charge in [0.15, 0.2) is 0 Å². The van der Waals surface area contributed by atoms with Crippen LogP contribution in [0.15, 0.2) is 24.3 Å². The third-order valence-electron chi connectivity index (χ3n) is 2.07. The fourth-order valence-corrected chi connectivity index (χ4v) is 1.43. The van der Waals surface area contributed by atoms with E-state index in [0.717, 1.165) is 5.92 Å². The van der Waals surface area contributed by atoms with Crippen LogP contribution < -0.4 is 4.90 Å². The van der Waals surface area contributed by atoms with Crippen LogP contribution in [0.2, 0.25) is 0 Å². The van der Waals surface area contributed by atoms with E-state index >= 15 is 0 Å². The van der Waals surface area contributed by atoms with Crippen LogP contribution in [0, 0.1) is 5.92 Å². The largest absolute Gasteiger partial charge is 0.378 e. The quantitative estimate of drug-likeness (QED) is 0.724. The van der Waals surface area contributed by atoms with E-state index in [0.29, 0.717) is 0 Å². The van der Waals surface area contributed by atoms with E-state index in [9.17, 15) is 0 Å². The third kappa shape index (κ3) is 5.46. The molecule has 0 fully saturated rings. The van der Waals surface area contributed by atoms with Gasteiger partial charge in [-0.3, -0.25) is 0 Å². The summed E-state index contributed by atoms with van der Waals surface area (Å²) in [4.78, 5) is 2.14. The molecule has 1 nitrogen and oxygen atoms in total. The molecule has 0 saturated carbocycles. The minimum Gasteiger partial charge on any atom is -0.378 e. The van der Waals surface area contributed by atoms with Gasteiger partial charge in [-0.2, -0.15) is 0 Å². The smallest absolute Gasteiger partial charge is 0.0363 e. The van der Waals surface area contributed by atoms with Gasteiger partial charge in [0.1, 0.15) is 0 Å². The van der Waals surface area contributed by atoms with Gasteiger partial charge in [-0.15, -0.1) is 0 Å². The van der Waals surface area contributed by atoms with Crippen molar-refractivity contribution >= 4 is 5.69 Å². The number of anilines is 1. The molecule has 0 aliphatic heterocycles.